The summed E-state index contributed by atoms with van der Waals surface area (Å²) in [6.45, 7) is 0.346. The second kappa shape index (κ2) is 8.50. The molecule has 0 saturated heterocycles. The average molecular weight is 347 g/mol. The van der Waals surface area contributed by atoms with E-state index in [1.807, 2.05) is 18.2 Å². The minimum Gasteiger partial charge on any atom is -0.481 e. The smallest absolute Gasteiger partial charge is 0.321 e. The van der Waals surface area contributed by atoms with Crippen LogP contribution in [0.25, 0.3) is 0 Å². The molecule has 1 aromatic carbocycles. The van der Waals surface area contributed by atoms with Crippen LogP contribution in [0.15, 0.2) is 24.3 Å². The van der Waals surface area contributed by atoms with Crippen molar-refractivity contribution >= 4 is 23.6 Å². The van der Waals surface area contributed by atoms with Gasteiger partial charge in [0.25, 0.3) is 0 Å². The SMILES string of the molecule is CN(C)C(=O)Nc1cccc(CNC(=O)C2CCCC(C(=O)O)C2)c1. The van der Waals surface area contributed by atoms with Crippen molar-refractivity contribution in [2.45, 2.75) is 32.2 Å². The van der Waals surface area contributed by atoms with E-state index in [0.29, 0.717) is 25.1 Å². The van der Waals surface area contributed by atoms with Gasteiger partial charge in [0.1, 0.15) is 0 Å². The van der Waals surface area contributed by atoms with Crippen LogP contribution < -0.4 is 10.6 Å². The van der Waals surface area contributed by atoms with E-state index in [4.69, 9.17) is 5.11 Å². The van der Waals surface area contributed by atoms with Crippen LogP contribution in [0.5, 0.6) is 0 Å². The Morgan fingerprint density at radius 2 is 1.92 bits per heavy atom. The van der Waals surface area contributed by atoms with Crippen molar-refractivity contribution in [3.63, 3.8) is 0 Å². The Morgan fingerprint density at radius 1 is 1.20 bits per heavy atom. The van der Waals surface area contributed by atoms with Gasteiger partial charge in [0.05, 0.1) is 5.92 Å². The minimum absolute atomic E-state index is 0.103. The zero-order valence-electron chi connectivity index (χ0n) is 14.6. The lowest BCUT2D eigenvalue weighted by molar-refractivity contribution is -0.144. The molecule has 0 spiro atoms. The van der Waals surface area contributed by atoms with E-state index in [9.17, 15) is 14.4 Å². The van der Waals surface area contributed by atoms with Crippen LogP contribution in [-0.2, 0) is 16.1 Å². The summed E-state index contributed by atoms with van der Waals surface area (Å²) in [6.07, 6.45) is 2.54. The van der Waals surface area contributed by atoms with Crippen LogP contribution in [-0.4, -0.2) is 42.0 Å². The Labute approximate surface area is 147 Å². The number of nitrogens with zero attached hydrogens (tertiary/aromatic N) is 1. The first kappa shape index (κ1) is 18.8. The molecule has 3 amide bonds. The molecule has 1 fully saturated rings. The molecule has 0 aliphatic heterocycles. The highest BCUT2D eigenvalue weighted by Crippen LogP contribution is 2.29. The first-order chi connectivity index (χ1) is 11.9. The number of urea groups is 1. The molecule has 2 unspecified atom stereocenters. The highest BCUT2D eigenvalue weighted by molar-refractivity contribution is 5.89. The Balaban J connectivity index is 1.89. The molecule has 1 aliphatic carbocycles. The Morgan fingerprint density at radius 3 is 2.60 bits per heavy atom. The van der Waals surface area contributed by atoms with Crippen LogP contribution in [0, 0.1) is 11.8 Å². The molecule has 2 rings (SSSR count). The number of carbonyl (C=O) groups excluding carboxylic acids is 2. The molecule has 0 bridgehead atoms. The number of amides is 3. The van der Waals surface area contributed by atoms with Crippen LogP contribution in [0.2, 0.25) is 0 Å². The normalized spacial score (nSPS) is 19.8. The van der Waals surface area contributed by atoms with Gasteiger partial charge in [-0.05, 0) is 37.0 Å². The van der Waals surface area contributed by atoms with Crippen molar-refractivity contribution in [2.24, 2.45) is 11.8 Å². The zero-order chi connectivity index (χ0) is 18.4. The zero-order valence-corrected chi connectivity index (χ0v) is 14.6. The molecular formula is C18H25N3O4. The first-order valence-corrected chi connectivity index (χ1v) is 8.44. The summed E-state index contributed by atoms with van der Waals surface area (Å²) in [5.41, 5.74) is 1.53. The van der Waals surface area contributed by atoms with Crippen LogP contribution in [0.3, 0.4) is 0 Å². The number of hydrogen-bond acceptors (Lipinski definition) is 3. The molecule has 3 N–H and O–H groups in total. The van der Waals surface area contributed by atoms with Gasteiger partial charge < -0.3 is 20.6 Å². The number of hydrogen-bond donors (Lipinski definition) is 3. The highest BCUT2D eigenvalue weighted by atomic mass is 16.4. The van der Waals surface area contributed by atoms with Crippen molar-refractivity contribution < 1.29 is 19.5 Å². The van der Waals surface area contributed by atoms with E-state index in [1.165, 1.54) is 4.90 Å². The molecule has 2 atom stereocenters. The maximum absolute atomic E-state index is 12.3. The summed E-state index contributed by atoms with van der Waals surface area (Å²) < 4.78 is 0. The van der Waals surface area contributed by atoms with E-state index < -0.39 is 11.9 Å². The van der Waals surface area contributed by atoms with Gasteiger partial charge in [0, 0.05) is 32.2 Å². The van der Waals surface area contributed by atoms with Gasteiger partial charge >= 0.3 is 12.0 Å². The van der Waals surface area contributed by atoms with Gasteiger partial charge in [0.15, 0.2) is 0 Å². The van der Waals surface area contributed by atoms with Gasteiger partial charge in [-0.15, -0.1) is 0 Å². The minimum atomic E-state index is -0.818. The number of aliphatic carboxylic acids is 1. The summed E-state index contributed by atoms with van der Waals surface area (Å²) in [5.74, 6) is -1.59. The van der Waals surface area contributed by atoms with Gasteiger partial charge in [-0.25, -0.2) is 4.79 Å². The molecule has 0 heterocycles. The lowest BCUT2D eigenvalue weighted by Crippen LogP contribution is -2.35. The topological polar surface area (TPSA) is 98.7 Å². The fourth-order valence-electron chi connectivity index (χ4n) is 2.98. The summed E-state index contributed by atoms with van der Waals surface area (Å²) in [4.78, 5) is 36.5. The summed E-state index contributed by atoms with van der Waals surface area (Å²) in [5, 5.41) is 14.8. The van der Waals surface area contributed by atoms with Crippen LogP contribution in [0.1, 0.15) is 31.2 Å². The molecule has 1 aliphatic rings. The van der Waals surface area contributed by atoms with Crippen molar-refractivity contribution in [3.05, 3.63) is 29.8 Å². The number of carboxylic acids is 1. The molecule has 1 saturated carbocycles. The monoisotopic (exact) mass is 347 g/mol. The summed E-state index contributed by atoms with van der Waals surface area (Å²) in [7, 11) is 3.32. The first-order valence-electron chi connectivity index (χ1n) is 8.44. The quantitative estimate of drug-likeness (QED) is 0.761. The van der Waals surface area contributed by atoms with Crippen molar-refractivity contribution in [1.29, 1.82) is 0 Å². The van der Waals surface area contributed by atoms with Crippen molar-refractivity contribution in [1.82, 2.24) is 10.2 Å². The summed E-state index contributed by atoms with van der Waals surface area (Å²) >= 11 is 0. The predicted octanol–water partition coefficient (Wildman–Crippen LogP) is 2.29. The van der Waals surface area contributed by atoms with E-state index in [0.717, 1.165) is 18.4 Å². The molecule has 7 heteroatoms. The number of carboxylic acid groups (broad SMARTS) is 1. The largest absolute Gasteiger partial charge is 0.481 e. The molecule has 7 nitrogen and oxygen atoms in total. The molecule has 136 valence electrons. The van der Waals surface area contributed by atoms with Crippen molar-refractivity contribution in [2.75, 3.05) is 19.4 Å². The van der Waals surface area contributed by atoms with E-state index in [1.54, 1.807) is 20.2 Å². The lowest BCUT2D eigenvalue weighted by Gasteiger charge is -2.25. The third-order valence-electron chi connectivity index (χ3n) is 4.45. The number of carbonyl (C=O) groups is 3. The second-order valence-electron chi connectivity index (χ2n) is 6.64. The van der Waals surface area contributed by atoms with Gasteiger partial charge in [-0.2, -0.15) is 0 Å². The average Bonchev–Trinajstić information content (AvgIpc) is 2.60. The number of benzene rings is 1. The standard InChI is InChI=1S/C18H25N3O4/c1-21(2)18(25)20-15-8-3-5-12(9-15)11-19-16(22)13-6-4-7-14(10-13)17(23)24/h3,5,8-9,13-14H,4,6-7,10-11H2,1-2H3,(H,19,22)(H,20,25)(H,23,24). The van der Waals surface area contributed by atoms with Gasteiger partial charge in [-0.3, -0.25) is 9.59 Å². The third kappa shape index (κ3) is 5.48. The maximum atomic E-state index is 12.3. The van der Waals surface area contributed by atoms with Crippen molar-refractivity contribution in [3.8, 4) is 0 Å². The Hall–Kier alpha value is -2.57. The van der Waals surface area contributed by atoms with E-state index in [-0.39, 0.29) is 17.9 Å². The maximum Gasteiger partial charge on any atom is 0.321 e. The second-order valence-corrected chi connectivity index (χ2v) is 6.64. The van der Waals surface area contributed by atoms with E-state index in [2.05, 4.69) is 10.6 Å². The van der Waals surface area contributed by atoms with Crippen LogP contribution >= 0.6 is 0 Å². The number of anilines is 1. The molecular weight excluding hydrogens is 322 g/mol. The predicted molar refractivity (Wildman–Crippen MR) is 94.1 cm³/mol. The van der Waals surface area contributed by atoms with Gasteiger partial charge in [0.2, 0.25) is 5.91 Å². The molecule has 0 radical (unpaired) electrons. The fraction of sp³-hybridized carbons (Fsp3) is 0.500. The number of nitrogens with one attached hydrogen (secondary N) is 2. The Bertz CT molecular complexity index is 645. The van der Waals surface area contributed by atoms with Crippen LogP contribution in [0.4, 0.5) is 10.5 Å². The Kier molecular flexibility index (Phi) is 6.38. The molecule has 0 aromatic heterocycles. The molecule has 1 aromatic rings. The third-order valence-corrected chi connectivity index (χ3v) is 4.45. The highest BCUT2D eigenvalue weighted by Gasteiger charge is 2.30. The molecule has 25 heavy (non-hydrogen) atoms. The summed E-state index contributed by atoms with van der Waals surface area (Å²) in [6, 6.07) is 7.05. The van der Waals surface area contributed by atoms with E-state index >= 15 is 0 Å². The van der Waals surface area contributed by atoms with Gasteiger partial charge in [-0.1, -0.05) is 18.6 Å². The fourth-order valence-corrected chi connectivity index (χ4v) is 2.98. The number of rotatable bonds is 5. The lowest BCUT2D eigenvalue weighted by atomic mass is 9.81.